The zero-order valence-corrected chi connectivity index (χ0v) is 25.4. The number of phenolic OH excluding ortho intramolecular Hbond substituents is 1. The van der Waals surface area contributed by atoms with Crippen molar-refractivity contribution in [1.29, 1.82) is 0 Å². The lowest BCUT2D eigenvalue weighted by Crippen LogP contribution is -2.59. The molecule has 8 heteroatoms. The van der Waals surface area contributed by atoms with E-state index in [9.17, 15) is 19.5 Å². The monoisotopic (exact) mass is 563 g/mol. The molecule has 2 rings (SSSR count). The molecule has 0 radical (unpaired) electrons. The van der Waals surface area contributed by atoms with Crippen molar-refractivity contribution in [3.8, 4) is 18.1 Å². The van der Waals surface area contributed by atoms with Gasteiger partial charge in [0.2, 0.25) is 11.8 Å². The average Bonchev–Trinajstić information content (AvgIpc) is 2.88. The van der Waals surface area contributed by atoms with E-state index in [1.165, 1.54) is 17.0 Å². The van der Waals surface area contributed by atoms with Crippen LogP contribution in [0.1, 0.15) is 90.5 Å². The molecule has 0 bridgehead atoms. The lowest BCUT2D eigenvalue weighted by molar-refractivity contribution is -0.148. The molecule has 0 fully saturated rings. The van der Waals surface area contributed by atoms with Crippen LogP contribution in [0, 0.1) is 12.3 Å². The van der Waals surface area contributed by atoms with Crippen LogP contribution in [0.4, 0.5) is 4.79 Å². The Kier molecular flexibility index (Phi) is 11.8. The number of benzene rings is 2. The molecule has 0 heterocycles. The second-order valence-corrected chi connectivity index (χ2v) is 12.1. The molecular formula is C33H45N3O5. The van der Waals surface area contributed by atoms with E-state index >= 15 is 0 Å². The maximum Gasteiger partial charge on any atom is 0.408 e. The molecule has 0 saturated heterocycles. The Hall–Kier alpha value is -3.99. The molecule has 2 aromatic carbocycles. The summed E-state index contributed by atoms with van der Waals surface area (Å²) >= 11 is 0. The van der Waals surface area contributed by atoms with Gasteiger partial charge in [-0.05, 0) is 83.4 Å². The normalized spacial score (nSPS) is 12.9. The molecule has 0 aromatic heterocycles. The van der Waals surface area contributed by atoms with E-state index in [0.29, 0.717) is 23.2 Å². The van der Waals surface area contributed by atoms with E-state index in [2.05, 4.69) is 23.5 Å². The summed E-state index contributed by atoms with van der Waals surface area (Å²) in [7, 11) is 0. The van der Waals surface area contributed by atoms with Gasteiger partial charge in [0.25, 0.3) is 0 Å². The molecule has 0 aliphatic carbocycles. The zero-order chi connectivity index (χ0) is 30.8. The van der Waals surface area contributed by atoms with E-state index in [1.54, 1.807) is 57.2 Å². The van der Waals surface area contributed by atoms with Crippen molar-refractivity contribution in [2.24, 2.45) is 0 Å². The minimum absolute atomic E-state index is 0.0864. The number of ether oxygens (including phenoxy) is 1. The largest absolute Gasteiger partial charge is 0.508 e. The molecule has 0 saturated carbocycles. The number of alkyl carbamates (subject to hydrolysis) is 1. The number of nitrogens with zero attached hydrogens (tertiary/aromatic N) is 1. The quantitative estimate of drug-likeness (QED) is 0.248. The fraction of sp³-hybridized carbons (Fsp3) is 0.485. The van der Waals surface area contributed by atoms with Gasteiger partial charge < -0.3 is 25.4 Å². The number of carbonyl (C=O) groups is 3. The van der Waals surface area contributed by atoms with Crippen molar-refractivity contribution >= 4 is 17.9 Å². The Morgan fingerprint density at radius 1 is 0.976 bits per heavy atom. The van der Waals surface area contributed by atoms with Gasteiger partial charge in [0.05, 0.1) is 0 Å². The summed E-state index contributed by atoms with van der Waals surface area (Å²) in [6.07, 6.45) is 7.72. The highest BCUT2D eigenvalue weighted by atomic mass is 16.6. The summed E-state index contributed by atoms with van der Waals surface area (Å²) in [5, 5.41) is 15.5. The van der Waals surface area contributed by atoms with Crippen LogP contribution >= 0.6 is 0 Å². The van der Waals surface area contributed by atoms with Crippen LogP contribution in [-0.2, 0) is 20.7 Å². The first-order chi connectivity index (χ1) is 19.2. The molecule has 0 aliphatic heterocycles. The van der Waals surface area contributed by atoms with Crippen molar-refractivity contribution in [3.05, 3.63) is 65.2 Å². The lowest BCUT2D eigenvalue weighted by Gasteiger charge is -2.43. The number of phenols is 1. The number of carbonyl (C=O) groups excluding carboxylic acids is 3. The molecule has 222 valence electrons. The molecule has 2 unspecified atom stereocenters. The summed E-state index contributed by atoms with van der Waals surface area (Å²) in [5.74, 6) is 1.90. The van der Waals surface area contributed by atoms with E-state index in [4.69, 9.17) is 11.2 Å². The smallest absolute Gasteiger partial charge is 0.408 e. The highest BCUT2D eigenvalue weighted by Gasteiger charge is 2.41. The Morgan fingerprint density at radius 3 is 2.10 bits per heavy atom. The molecule has 41 heavy (non-hydrogen) atoms. The summed E-state index contributed by atoms with van der Waals surface area (Å²) < 4.78 is 5.48. The summed E-state index contributed by atoms with van der Waals surface area (Å²) in [4.78, 5) is 42.7. The van der Waals surface area contributed by atoms with Gasteiger partial charge in [-0.15, -0.1) is 6.42 Å². The number of rotatable bonds is 11. The van der Waals surface area contributed by atoms with Gasteiger partial charge in [0.1, 0.15) is 23.4 Å². The summed E-state index contributed by atoms with van der Waals surface area (Å²) in [6, 6.07) is 11.4. The van der Waals surface area contributed by atoms with Gasteiger partial charge in [-0.3, -0.25) is 9.59 Å². The number of nitrogens with one attached hydrogen (secondary N) is 2. The minimum Gasteiger partial charge on any atom is -0.508 e. The highest BCUT2D eigenvalue weighted by molar-refractivity contribution is 5.92. The average molecular weight is 564 g/mol. The molecule has 8 nitrogen and oxygen atoms in total. The van der Waals surface area contributed by atoms with E-state index < -0.39 is 35.2 Å². The van der Waals surface area contributed by atoms with Crippen LogP contribution in [0.2, 0.25) is 0 Å². The lowest BCUT2D eigenvalue weighted by atomic mass is 9.93. The predicted octanol–water partition coefficient (Wildman–Crippen LogP) is 5.48. The topological polar surface area (TPSA) is 108 Å². The molecule has 2 atom stereocenters. The molecule has 2 aromatic rings. The van der Waals surface area contributed by atoms with Gasteiger partial charge in [0, 0.05) is 24.1 Å². The van der Waals surface area contributed by atoms with Crippen LogP contribution in [-0.4, -0.2) is 51.6 Å². The summed E-state index contributed by atoms with van der Waals surface area (Å²) in [5.41, 5.74) is 0.364. The van der Waals surface area contributed by atoms with Gasteiger partial charge >= 0.3 is 6.09 Å². The number of unbranched alkanes of at least 4 members (excludes halogenated alkanes) is 2. The standard InChI is InChI=1S/C33H45N3O5/c1-9-11-12-21-34-29(38)28(25-17-13-23(10-2)14-18-25)36(32(3,4)5)30(39)27(35-31(40)41-33(6,7)8)22-24-15-19-26(37)20-16-24/h2,13-20,27-28,37H,9,11-12,21-22H2,1,3-8H3,(H,34,38)(H,35,40). The Bertz CT molecular complexity index is 1200. The van der Waals surface area contributed by atoms with Crippen molar-refractivity contribution in [2.45, 2.75) is 97.4 Å². The van der Waals surface area contributed by atoms with Crippen LogP contribution in [0.25, 0.3) is 0 Å². The van der Waals surface area contributed by atoms with Crippen molar-refractivity contribution in [2.75, 3.05) is 6.54 Å². The van der Waals surface area contributed by atoms with Gasteiger partial charge in [-0.2, -0.15) is 0 Å². The summed E-state index contributed by atoms with van der Waals surface area (Å²) in [6.45, 7) is 13.3. The van der Waals surface area contributed by atoms with Crippen LogP contribution in [0.5, 0.6) is 5.75 Å². The first-order valence-electron chi connectivity index (χ1n) is 14.1. The van der Waals surface area contributed by atoms with E-state index in [-0.39, 0.29) is 18.1 Å². The maximum absolute atomic E-state index is 14.5. The second-order valence-electron chi connectivity index (χ2n) is 12.1. The third-order valence-electron chi connectivity index (χ3n) is 6.30. The van der Waals surface area contributed by atoms with Crippen molar-refractivity contribution < 1.29 is 24.2 Å². The third kappa shape index (κ3) is 10.5. The van der Waals surface area contributed by atoms with Gasteiger partial charge in [-0.1, -0.05) is 50.0 Å². The van der Waals surface area contributed by atoms with Gasteiger partial charge in [-0.25, -0.2) is 4.79 Å². The minimum atomic E-state index is -1.06. The number of hydrogen-bond donors (Lipinski definition) is 3. The fourth-order valence-corrected chi connectivity index (χ4v) is 4.39. The molecule has 3 N–H and O–H groups in total. The Balaban J connectivity index is 2.58. The molecule has 0 spiro atoms. The SMILES string of the molecule is C#Cc1ccc(C(C(=O)NCCCCC)N(C(=O)C(Cc2ccc(O)cc2)NC(=O)OC(C)(C)C)C(C)(C)C)cc1. The van der Waals surface area contributed by atoms with E-state index in [1.807, 2.05) is 20.8 Å². The van der Waals surface area contributed by atoms with Gasteiger partial charge in [0.15, 0.2) is 0 Å². The predicted molar refractivity (Wildman–Crippen MR) is 161 cm³/mol. The first-order valence-corrected chi connectivity index (χ1v) is 14.1. The van der Waals surface area contributed by atoms with Crippen LogP contribution < -0.4 is 10.6 Å². The van der Waals surface area contributed by atoms with E-state index in [0.717, 1.165) is 19.3 Å². The second kappa shape index (κ2) is 14.6. The van der Waals surface area contributed by atoms with Crippen LogP contribution in [0.3, 0.4) is 0 Å². The Labute approximate surface area is 244 Å². The Morgan fingerprint density at radius 2 is 1.59 bits per heavy atom. The number of amides is 3. The number of terminal acetylenes is 1. The molecular weight excluding hydrogens is 518 g/mol. The zero-order valence-electron chi connectivity index (χ0n) is 25.4. The van der Waals surface area contributed by atoms with Crippen LogP contribution in [0.15, 0.2) is 48.5 Å². The van der Waals surface area contributed by atoms with Crippen molar-refractivity contribution in [3.63, 3.8) is 0 Å². The van der Waals surface area contributed by atoms with Crippen molar-refractivity contribution in [1.82, 2.24) is 15.5 Å². The first kappa shape index (κ1) is 33.2. The molecule has 0 aliphatic rings. The fourth-order valence-electron chi connectivity index (χ4n) is 4.39. The maximum atomic E-state index is 14.5. The third-order valence-corrected chi connectivity index (χ3v) is 6.30. The highest BCUT2D eigenvalue weighted by Crippen LogP contribution is 2.31. The number of aromatic hydroxyl groups is 1. The number of hydrogen-bond acceptors (Lipinski definition) is 5. The molecule has 3 amide bonds.